The van der Waals surface area contributed by atoms with Gasteiger partial charge in [0.1, 0.15) is 16.3 Å². The zero-order valence-corrected chi connectivity index (χ0v) is 42.3. The van der Waals surface area contributed by atoms with E-state index in [-0.39, 0.29) is 91.5 Å². The minimum atomic E-state index is -4.80. The van der Waals surface area contributed by atoms with Crippen LogP contribution in [0.2, 0.25) is 5.02 Å². The number of nitrogens with zero attached hydrogens (tertiary/aromatic N) is 3. The van der Waals surface area contributed by atoms with Crippen molar-refractivity contribution < 1.29 is 112 Å². The van der Waals surface area contributed by atoms with E-state index in [1.165, 1.54) is 18.2 Å². The molecule has 1 aromatic heterocycles. The molecule has 0 radical (unpaired) electrons. The number of fused-ring (bicyclic) bond motifs is 2. The van der Waals surface area contributed by atoms with Crippen LogP contribution in [-0.2, 0) is 58.9 Å². The van der Waals surface area contributed by atoms with Gasteiger partial charge in [0.25, 0.3) is 0 Å². The van der Waals surface area contributed by atoms with Gasteiger partial charge in [0, 0.05) is 41.3 Å². The summed E-state index contributed by atoms with van der Waals surface area (Å²) in [6.45, 7) is 7.94. The molecule has 0 saturated heterocycles. The maximum Gasteiger partial charge on any atom is 1.00 e. The monoisotopic (exact) mass is 933 g/mol. The molecule has 0 fully saturated rings. The molecule has 2 aromatic carbocycles. The number of benzene rings is 2. The fraction of sp³-hybridized carbons (Fsp3) is 0.390. The summed E-state index contributed by atoms with van der Waals surface area (Å²) in [4.78, 5) is 17.5. The number of pyridine rings is 1. The largest absolute Gasteiger partial charge is 1.00 e. The quantitative estimate of drug-likeness (QED) is 0.0580. The molecule has 0 amide bonds. The Kier molecular flexibility index (Phi) is 18.4. The van der Waals surface area contributed by atoms with Crippen molar-refractivity contribution in [1.82, 2.24) is 0 Å². The number of aromatic nitrogens is 1. The molecule has 0 saturated carbocycles. The molecule has 0 bridgehead atoms. The Bertz CT molecular complexity index is 2610. The smallest absolute Gasteiger partial charge is 0.748 e. The first kappa shape index (κ1) is 53.1. The number of aliphatic carboxylic acids is 1. The first-order valence-electron chi connectivity index (χ1n) is 18.9. The van der Waals surface area contributed by atoms with Crippen molar-refractivity contribution in [3.05, 3.63) is 112 Å². The van der Waals surface area contributed by atoms with Crippen LogP contribution in [0.3, 0.4) is 0 Å². The summed E-state index contributed by atoms with van der Waals surface area (Å²) in [6, 6.07) is 13.6. The van der Waals surface area contributed by atoms with Crippen molar-refractivity contribution in [3.8, 4) is 0 Å². The number of hydrogen-bond acceptors (Lipinski definition) is 12. The van der Waals surface area contributed by atoms with Crippen molar-refractivity contribution in [1.29, 1.82) is 0 Å². The van der Waals surface area contributed by atoms with Crippen LogP contribution in [0, 0.1) is 0 Å². The zero-order chi connectivity index (χ0) is 43.6. The maximum atomic E-state index is 12.0. The van der Waals surface area contributed by atoms with Gasteiger partial charge in [-0.15, -0.1) is 0 Å². The van der Waals surface area contributed by atoms with E-state index >= 15 is 0 Å². The molecule has 5 rings (SSSR count). The minimum absolute atomic E-state index is 0. The van der Waals surface area contributed by atoms with E-state index in [2.05, 4.69) is 0 Å². The van der Waals surface area contributed by atoms with E-state index in [9.17, 15) is 43.7 Å². The third-order valence-corrected chi connectivity index (χ3v) is 13.2. The van der Waals surface area contributed by atoms with Gasteiger partial charge in [-0.25, -0.2) is 29.8 Å². The van der Waals surface area contributed by atoms with Crippen molar-refractivity contribution in [3.63, 3.8) is 0 Å². The van der Waals surface area contributed by atoms with E-state index in [1.807, 2.05) is 81.2 Å². The van der Waals surface area contributed by atoms with Crippen molar-refractivity contribution in [2.75, 3.05) is 23.0 Å². The number of anilines is 1. The molecule has 318 valence electrons. The van der Waals surface area contributed by atoms with Crippen LogP contribution in [0.1, 0.15) is 82.1 Å². The van der Waals surface area contributed by atoms with E-state index in [4.69, 9.17) is 21.7 Å². The second kappa shape index (κ2) is 21.2. The molecule has 3 aromatic rings. The van der Waals surface area contributed by atoms with Gasteiger partial charge in [-0.1, -0.05) is 61.9 Å². The summed E-state index contributed by atoms with van der Waals surface area (Å²) in [6.07, 6.45) is 11.0. The average molecular weight is 934 g/mol. The number of hydrogen-bond donors (Lipinski definition) is 1. The van der Waals surface area contributed by atoms with Crippen LogP contribution in [0.5, 0.6) is 0 Å². The number of unbranched alkanes of at least 4 members (excludes halogenated alkanes) is 1. The number of carboxylic acids is 1. The summed E-state index contributed by atoms with van der Waals surface area (Å²) in [5.74, 6) is -1.46. The number of allylic oxidation sites excluding steroid dienone is 6. The summed E-state index contributed by atoms with van der Waals surface area (Å²) in [5, 5.41) is 9.51. The van der Waals surface area contributed by atoms with Crippen LogP contribution in [0.4, 0.5) is 11.5 Å². The first-order valence-corrected chi connectivity index (χ1v) is 23.8. The van der Waals surface area contributed by atoms with Crippen molar-refractivity contribution in [2.45, 2.75) is 88.5 Å². The number of halogens is 1. The SMILES string of the molecule is CC1(C)C(/C=C/C(=C/C=C2/N(CCCS(=O)(=O)[O-])c3ccc(S(=O)(=O)[O-])cc3C2(C)C)c2cccc(CCCCC(=O)O)c2)=Nc2c1cc(Cl)c[n+]2CCCS(=O)(=O)[O-].[Na+].[Na+]. The van der Waals surface area contributed by atoms with E-state index in [0.29, 0.717) is 58.3 Å². The Labute approximate surface area is 407 Å². The molecule has 20 heteroatoms. The molecule has 14 nitrogen and oxygen atoms in total. The minimum Gasteiger partial charge on any atom is -0.748 e. The maximum absolute atomic E-state index is 12.0. The standard InChI is InChI=1S/C41H48ClN3O11S3.2Na/c1-40(2)34-25-31(42)27-44(20-8-22-57(48,49)50)39(34)43-36(40)18-14-29(30-12-7-11-28(24-30)10-5-6-13-38(46)47)15-19-37-41(3,4)33-26-32(59(54,55)56)16-17-35(33)45(37)21-9-23-58(51,52)53;;/h7,11-12,14-19,24-27H,5-6,8-10,13,20-23H2,1-4H3,(H3-,46,47,48,49,50,51,52,53,54,55,56);;/q;2*+1/p-2. The topological polar surface area (TPSA) is 228 Å². The Hall–Kier alpha value is -2.23. The second-order valence-corrected chi connectivity index (χ2v) is 20.5. The van der Waals surface area contributed by atoms with Crippen LogP contribution in [-0.4, -0.2) is 73.7 Å². The second-order valence-electron chi connectivity index (χ2n) is 15.7. The van der Waals surface area contributed by atoms with Gasteiger partial charge >= 0.3 is 70.9 Å². The zero-order valence-electron chi connectivity index (χ0n) is 35.1. The van der Waals surface area contributed by atoms with E-state index in [1.54, 1.807) is 16.8 Å². The fourth-order valence-corrected chi connectivity index (χ4v) is 9.15. The Morgan fingerprint density at radius 1 is 0.869 bits per heavy atom. The number of aliphatic imine (C=N–C) groups is 1. The number of carbonyl (C=O) groups is 1. The molecule has 3 heterocycles. The van der Waals surface area contributed by atoms with Crippen LogP contribution >= 0.6 is 11.6 Å². The van der Waals surface area contributed by atoms with Gasteiger partial charge in [0.05, 0.1) is 47.7 Å². The Morgan fingerprint density at radius 3 is 2.18 bits per heavy atom. The molecule has 2 aliphatic rings. The van der Waals surface area contributed by atoms with Gasteiger partial charge < -0.3 is 23.7 Å². The third kappa shape index (κ3) is 13.9. The average Bonchev–Trinajstić information content (AvgIpc) is 3.49. The van der Waals surface area contributed by atoms with Crippen molar-refractivity contribution in [2.24, 2.45) is 4.99 Å². The molecule has 2 aliphatic heterocycles. The van der Waals surface area contributed by atoms with Gasteiger partial charge in [0.2, 0.25) is 0 Å². The predicted molar refractivity (Wildman–Crippen MR) is 222 cm³/mol. The van der Waals surface area contributed by atoms with Crippen LogP contribution in [0.25, 0.3) is 5.57 Å². The molecule has 0 aliphatic carbocycles. The summed E-state index contributed by atoms with van der Waals surface area (Å²) in [5.41, 5.74) is 4.13. The molecular weight excluding hydrogens is 888 g/mol. The fourth-order valence-electron chi connectivity index (χ4n) is 7.46. The Balaban J connectivity index is 0.00000496. The summed E-state index contributed by atoms with van der Waals surface area (Å²) >= 11 is 6.50. The Morgan fingerprint density at radius 2 is 1.54 bits per heavy atom. The molecule has 0 unspecified atom stereocenters. The number of aryl methyl sites for hydroxylation is 2. The molecule has 0 spiro atoms. The molecule has 61 heavy (non-hydrogen) atoms. The van der Waals surface area contributed by atoms with E-state index < -0.39 is 63.6 Å². The predicted octanol–water partition coefficient (Wildman–Crippen LogP) is -0.107. The van der Waals surface area contributed by atoms with Crippen LogP contribution < -0.4 is 68.6 Å². The normalized spacial score (nSPS) is 16.5. The third-order valence-electron chi connectivity index (χ3n) is 10.5. The van der Waals surface area contributed by atoms with Gasteiger partial charge in [-0.3, -0.25) is 4.79 Å². The first-order chi connectivity index (χ1) is 27.4. The van der Waals surface area contributed by atoms with Crippen molar-refractivity contribution >= 4 is 70.7 Å². The van der Waals surface area contributed by atoms with Gasteiger partial charge in [-0.05, 0) is 110 Å². The van der Waals surface area contributed by atoms with Gasteiger partial charge in [-0.2, -0.15) is 0 Å². The summed E-state index contributed by atoms with van der Waals surface area (Å²) < 4.78 is 106. The van der Waals surface area contributed by atoms with Crippen LogP contribution in [0.15, 0.2) is 94.6 Å². The molecule has 1 N–H and O–H groups in total. The molecule has 0 atom stereocenters. The number of carboxylic acid groups (broad SMARTS) is 1. The summed E-state index contributed by atoms with van der Waals surface area (Å²) in [7, 11) is -13.8. The van der Waals surface area contributed by atoms with Gasteiger partial charge in [0.15, 0.2) is 5.71 Å². The molecular formula is C41H46ClN3Na2O11S3. The van der Waals surface area contributed by atoms with E-state index in [0.717, 1.165) is 16.7 Å². The number of rotatable bonds is 18.